The number of hydrogen-bond donors (Lipinski definition) is 1. The van der Waals surface area contributed by atoms with E-state index in [4.69, 9.17) is 4.52 Å². The van der Waals surface area contributed by atoms with E-state index >= 15 is 0 Å². The number of aliphatic hydroxyl groups is 1. The number of amides is 1. The van der Waals surface area contributed by atoms with Gasteiger partial charge in [-0.1, -0.05) is 17.3 Å². The van der Waals surface area contributed by atoms with Crippen LogP contribution in [0.5, 0.6) is 0 Å². The van der Waals surface area contributed by atoms with Gasteiger partial charge in [-0.3, -0.25) is 4.79 Å². The molecule has 0 aliphatic carbocycles. The van der Waals surface area contributed by atoms with Crippen molar-refractivity contribution in [2.24, 2.45) is 0 Å². The summed E-state index contributed by atoms with van der Waals surface area (Å²) in [5.74, 6) is 0.437. The molecule has 1 aliphatic rings. The van der Waals surface area contributed by atoms with Gasteiger partial charge in [0.25, 0.3) is 5.91 Å². The zero-order chi connectivity index (χ0) is 18.2. The van der Waals surface area contributed by atoms with Crippen molar-refractivity contribution in [3.63, 3.8) is 0 Å². The van der Waals surface area contributed by atoms with Gasteiger partial charge >= 0.3 is 0 Å². The third-order valence-corrected chi connectivity index (χ3v) is 4.74. The van der Waals surface area contributed by atoms with Crippen molar-refractivity contribution in [1.82, 2.24) is 25.1 Å². The molecule has 0 spiro atoms. The fourth-order valence-corrected chi connectivity index (χ4v) is 3.25. The van der Waals surface area contributed by atoms with Crippen LogP contribution in [0.2, 0.25) is 0 Å². The van der Waals surface area contributed by atoms with Crippen molar-refractivity contribution in [2.75, 3.05) is 13.1 Å². The minimum absolute atomic E-state index is 0.148. The standard InChI is InChI=1S/C17H25N5O3/c1-5-13-15(12(4)19-25-13)16(23)21-8-6-7-17(24,10-21)14-9-22(11(2)3)20-18-14/h9,11,24H,5-8,10H2,1-4H3. The molecule has 1 N–H and O–H groups in total. The van der Waals surface area contributed by atoms with Crippen LogP contribution in [-0.4, -0.2) is 49.2 Å². The van der Waals surface area contributed by atoms with E-state index in [0.29, 0.717) is 48.5 Å². The zero-order valence-corrected chi connectivity index (χ0v) is 15.2. The number of carbonyl (C=O) groups excluding carboxylic acids is 1. The maximum atomic E-state index is 13.0. The number of nitrogens with zero attached hydrogens (tertiary/aromatic N) is 5. The number of hydrogen-bond acceptors (Lipinski definition) is 6. The van der Waals surface area contributed by atoms with E-state index in [9.17, 15) is 9.90 Å². The molecule has 3 rings (SSSR count). The number of aryl methyl sites for hydroxylation is 2. The second-order valence-corrected chi connectivity index (χ2v) is 6.96. The molecule has 2 aromatic heterocycles. The van der Waals surface area contributed by atoms with Crippen molar-refractivity contribution in [3.05, 3.63) is 28.9 Å². The van der Waals surface area contributed by atoms with Gasteiger partial charge in [-0.05, 0) is 33.6 Å². The predicted octanol–water partition coefficient (Wildman–Crippen LogP) is 1.84. The normalized spacial score (nSPS) is 21.1. The number of β-amino-alcohol motifs (C(OH)–C–C–N with tert-alkyl or cyclic N) is 1. The third-order valence-electron chi connectivity index (χ3n) is 4.74. The van der Waals surface area contributed by atoms with Crippen LogP contribution in [0, 0.1) is 6.92 Å². The molecule has 0 saturated carbocycles. The lowest BCUT2D eigenvalue weighted by Crippen LogP contribution is -2.49. The molecule has 1 fully saturated rings. The highest BCUT2D eigenvalue weighted by Gasteiger charge is 2.40. The largest absolute Gasteiger partial charge is 0.382 e. The summed E-state index contributed by atoms with van der Waals surface area (Å²) in [6.07, 6.45) is 3.61. The van der Waals surface area contributed by atoms with Crippen LogP contribution in [-0.2, 0) is 12.0 Å². The third kappa shape index (κ3) is 3.18. The van der Waals surface area contributed by atoms with E-state index in [2.05, 4.69) is 15.5 Å². The molecular formula is C17H25N5O3. The molecule has 136 valence electrons. The SMILES string of the molecule is CCc1onc(C)c1C(=O)N1CCCC(O)(c2cn(C(C)C)nn2)C1. The van der Waals surface area contributed by atoms with Gasteiger partial charge in [-0.15, -0.1) is 5.10 Å². The number of likely N-dealkylation sites (tertiary alicyclic amines) is 1. The molecule has 1 aliphatic heterocycles. The van der Waals surface area contributed by atoms with Crippen molar-refractivity contribution in [1.29, 1.82) is 0 Å². The summed E-state index contributed by atoms with van der Waals surface area (Å²) in [4.78, 5) is 14.6. The summed E-state index contributed by atoms with van der Waals surface area (Å²) in [6.45, 7) is 8.47. The Hall–Kier alpha value is -2.22. The molecule has 1 amide bonds. The number of carbonyl (C=O) groups is 1. The maximum Gasteiger partial charge on any atom is 0.259 e. The van der Waals surface area contributed by atoms with Gasteiger partial charge in [0.1, 0.15) is 22.6 Å². The Morgan fingerprint density at radius 3 is 2.88 bits per heavy atom. The second-order valence-electron chi connectivity index (χ2n) is 6.96. The summed E-state index contributed by atoms with van der Waals surface area (Å²) < 4.78 is 6.95. The van der Waals surface area contributed by atoms with E-state index in [0.717, 1.165) is 0 Å². The summed E-state index contributed by atoms with van der Waals surface area (Å²) in [6, 6.07) is 0.165. The molecule has 0 radical (unpaired) electrons. The van der Waals surface area contributed by atoms with Crippen LogP contribution in [0.3, 0.4) is 0 Å². The molecule has 8 heteroatoms. The van der Waals surface area contributed by atoms with E-state index in [1.165, 1.54) is 0 Å². The van der Waals surface area contributed by atoms with Gasteiger partial charge in [0.15, 0.2) is 0 Å². The number of aromatic nitrogens is 4. The Labute approximate surface area is 146 Å². The quantitative estimate of drug-likeness (QED) is 0.906. The molecule has 2 aromatic rings. The molecule has 3 heterocycles. The van der Waals surface area contributed by atoms with Crippen molar-refractivity contribution < 1.29 is 14.4 Å². The molecular weight excluding hydrogens is 322 g/mol. The van der Waals surface area contributed by atoms with Crippen LogP contribution in [0.4, 0.5) is 0 Å². The lowest BCUT2D eigenvalue weighted by Gasteiger charge is -2.38. The molecule has 1 unspecified atom stereocenters. The molecule has 0 aromatic carbocycles. The Balaban J connectivity index is 1.84. The Morgan fingerprint density at radius 1 is 1.48 bits per heavy atom. The number of piperidine rings is 1. The topological polar surface area (TPSA) is 97.3 Å². The fraction of sp³-hybridized carbons (Fsp3) is 0.647. The van der Waals surface area contributed by atoms with Crippen molar-refractivity contribution in [2.45, 2.75) is 58.6 Å². The fourth-order valence-electron chi connectivity index (χ4n) is 3.25. The highest BCUT2D eigenvalue weighted by Crippen LogP contribution is 2.32. The first kappa shape index (κ1) is 17.6. The van der Waals surface area contributed by atoms with Gasteiger partial charge in [-0.25, -0.2) is 4.68 Å². The monoisotopic (exact) mass is 347 g/mol. The number of rotatable bonds is 4. The zero-order valence-electron chi connectivity index (χ0n) is 15.2. The summed E-state index contributed by atoms with van der Waals surface area (Å²) in [7, 11) is 0. The highest BCUT2D eigenvalue weighted by molar-refractivity contribution is 5.96. The van der Waals surface area contributed by atoms with Gasteiger partial charge in [0.05, 0.1) is 18.4 Å². The molecule has 1 atom stereocenters. The predicted molar refractivity (Wildman–Crippen MR) is 90.1 cm³/mol. The van der Waals surface area contributed by atoms with Gasteiger partial charge in [0.2, 0.25) is 0 Å². The van der Waals surface area contributed by atoms with Gasteiger partial charge < -0.3 is 14.5 Å². The Morgan fingerprint density at radius 2 is 2.24 bits per heavy atom. The van der Waals surface area contributed by atoms with E-state index < -0.39 is 5.60 Å². The van der Waals surface area contributed by atoms with Gasteiger partial charge in [-0.2, -0.15) is 0 Å². The van der Waals surface area contributed by atoms with Gasteiger partial charge in [0, 0.05) is 19.0 Å². The minimum Gasteiger partial charge on any atom is -0.382 e. The lowest BCUT2D eigenvalue weighted by atomic mass is 9.89. The van der Waals surface area contributed by atoms with E-state index in [-0.39, 0.29) is 18.5 Å². The minimum atomic E-state index is -1.18. The van der Waals surface area contributed by atoms with E-state index in [1.54, 1.807) is 22.7 Å². The van der Waals surface area contributed by atoms with Crippen LogP contribution in [0.1, 0.15) is 67.2 Å². The second kappa shape index (κ2) is 6.59. The Bertz CT molecular complexity index is 766. The molecule has 1 saturated heterocycles. The van der Waals surface area contributed by atoms with Crippen LogP contribution in [0.15, 0.2) is 10.7 Å². The molecule has 8 nitrogen and oxygen atoms in total. The smallest absolute Gasteiger partial charge is 0.259 e. The first-order chi connectivity index (χ1) is 11.9. The summed E-state index contributed by atoms with van der Waals surface area (Å²) in [5.41, 5.74) is 0.425. The molecule has 25 heavy (non-hydrogen) atoms. The first-order valence-electron chi connectivity index (χ1n) is 8.75. The first-order valence-corrected chi connectivity index (χ1v) is 8.75. The van der Waals surface area contributed by atoms with Crippen LogP contribution in [0.25, 0.3) is 0 Å². The van der Waals surface area contributed by atoms with Crippen LogP contribution < -0.4 is 0 Å². The van der Waals surface area contributed by atoms with Crippen molar-refractivity contribution >= 4 is 5.91 Å². The highest BCUT2D eigenvalue weighted by atomic mass is 16.5. The van der Waals surface area contributed by atoms with Crippen LogP contribution >= 0.6 is 0 Å². The average Bonchev–Trinajstić information content (AvgIpc) is 3.21. The average molecular weight is 347 g/mol. The summed E-state index contributed by atoms with van der Waals surface area (Å²) >= 11 is 0. The van der Waals surface area contributed by atoms with Crippen molar-refractivity contribution in [3.8, 4) is 0 Å². The van der Waals surface area contributed by atoms with E-state index in [1.807, 2.05) is 20.8 Å². The Kier molecular flexibility index (Phi) is 4.64. The lowest BCUT2D eigenvalue weighted by molar-refractivity contribution is -0.0321. The maximum absolute atomic E-state index is 13.0. The molecule has 0 bridgehead atoms. The summed E-state index contributed by atoms with van der Waals surface area (Å²) in [5, 5.41) is 23.2.